The van der Waals surface area contributed by atoms with Gasteiger partial charge in [0.2, 0.25) is 0 Å². The summed E-state index contributed by atoms with van der Waals surface area (Å²) in [5.41, 5.74) is 1.88. The number of alkyl halides is 3. The number of aliphatic carboxylic acids is 1. The van der Waals surface area contributed by atoms with Crippen molar-refractivity contribution in [1.29, 1.82) is 0 Å². The maximum atomic E-state index is 12.3. The highest BCUT2D eigenvalue weighted by Gasteiger charge is 2.38. The van der Waals surface area contributed by atoms with E-state index < -0.39 is 18.1 Å². The number of benzene rings is 2. The number of aromatic carboxylic acids is 1. The van der Waals surface area contributed by atoms with E-state index in [0.29, 0.717) is 28.8 Å². The number of amides is 1. The van der Waals surface area contributed by atoms with Crippen LogP contribution in [0.25, 0.3) is 0 Å². The van der Waals surface area contributed by atoms with Crippen molar-refractivity contribution in [2.45, 2.75) is 33.9 Å². The second kappa shape index (κ2) is 12.6. The van der Waals surface area contributed by atoms with E-state index in [0.717, 1.165) is 13.1 Å². The first-order chi connectivity index (χ1) is 15.7. The second-order valence-corrected chi connectivity index (χ2v) is 8.35. The third-order valence-corrected chi connectivity index (χ3v) is 4.28. The smallest absolute Gasteiger partial charge is 0.478 e. The first-order valence-electron chi connectivity index (χ1n) is 10.5. The molecule has 2 aromatic carbocycles. The van der Waals surface area contributed by atoms with E-state index in [1.807, 2.05) is 6.07 Å². The third-order valence-electron chi connectivity index (χ3n) is 4.28. The fourth-order valence-corrected chi connectivity index (χ4v) is 3.01. The highest BCUT2D eigenvalue weighted by Crippen LogP contribution is 2.27. The van der Waals surface area contributed by atoms with Crippen LogP contribution >= 0.6 is 0 Å². The van der Waals surface area contributed by atoms with Gasteiger partial charge in [-0.2, -0.15) is 13.2 Å². The number of nitrogens with one attached hydrogen (secondary N) is 1. The largest absolute Gasteiger partial charge is 0.490 e. The Kier molecular flexibility index (Phi) is 10.6. The van der Waals surface area contributed by atoms with Crippen LogP contribution < -0.4 is 10.2 Å². The average molecular weight is 482 g/mol. The van der Waals surface area contributed by atoms with Crippen LogP contribution in [0.3, 0.4) is 0 Å². The van der Waals surface area contributed by atoms with Crippen LogP contribution in [0.15, 0.2) is 48.5 Å². The zero-order valence-corrected chi connectivity index (χ0v) is 19.4. The van der Waals surface area contributed by atoms with Crippen molar-refractivity contribution in [3.8, 4) is 0 Å². The lowest BCUT2D eigenvalue weighted by Crippen LogP contribution is -2.32. The van der Waals surface area contributed by atoms with E-state index in [2.05, 4.69) is 37.9 Å². The summed E-state index contributed by atoms with van der Waals surface area (Å²) in [6.45, 7) is 10.00. The summed E-state index contributed by atoms with van der Waals surface area (Å²) in [5, 5.41) is 19.6. The standard InChI is InChI=1S/C22H28N2O3.C2HF3O2/c1-15(2)13-24(14-16(3)4)20-11-10-18(12-19(20)22(26)27)23-21(25)17-8-6-5-7-9-17;3-2(4,5)1(6)7/h5-12,15-16H,13-14H2,1-4H3,(H,23,25)(H,26,27);(H,6,7). The summed E-state index contributed by atoms with van der Waals surface area (Å²) in [7, 11) is 0. The van der Waals surface area contributed by atoms with E-state index >= 15 is 0 Å². The Bertz CT molecular complexity index is 966. The Morgan fingerprint density at radius 3 is 1.82 bits per heavy atom. The second-order valence-electron chi connectivity index (χ2n) is 8.35. The molecule has 0 atom stereocenters. The number of carbonyl (C=O) groups is 3. The van der Waals surface area contributed by atoms with Crippen LogP contribution in [-0.4, -0.2) is 47.3 Å². The molecule has 2 aromatic rings. The predicted octanol–water partition coefficient (Wildman–Crippen LogP) is 5.39. The molecule has 0 spiro atoms. The molecule has 1 amide bonds. The molecular formula is C24H29F3N2O5. The average Bonchev–Trinajstić information content (AvgIpc) is 2.73. The zero-order valence-electron chi connectivity index (χ0n) is 19.4. The van der Waals surface area contributed by atoms with Gasteiger partial charge in [0.1, 0.15) is 0 Å². The van der Waals surface area contributed by atoms with Gasteiger partial charge in [-0.1, -0.05) is 45.9 Å². The van der Waals surface area contributed by atoms with E-state index in [1.165, 1.54) is 6.07 Å². The van der Waals surface area contributed by atoms with Crippen LogP contribution in [0.5, 0.6) is 0 Å². The van der Waals surface area contributed by atoms with Crippen molar-refractivity contribution in [2.24, 2.45) is 11.8 Å². The zero-order chi connectivity index (χ0) is 26.1. The molecule has 3 N–H and O–H groups in total. The molecule has 2 rings (SSSR count). The minimum Gasteiger partial charge on any atom is -0.478 e. The van der Waals surface area contributed by atoms with Gasteiger partial charge < -0.3 is 20.4 Å². The number of hydrogen-bond acceptors (Lipinski definition) is 4. The number of halogens is 3. The third kappa shape index (κ3) is 9.51. The summed E-state index contributed by atoms with van der Waals surface area (Å²) in [6.07, 6.45) is -5.08. The molecule has 7 nitrogen and oxygen atoms in total. The predicted molar refractivity (Wildman–Crippen MR) is 123 cm³/mol. The first kappa shape index (κ1) is 28.5. The van der Waals surface area contributed by atoms with Crippen molar-refractivity contribution in [1.82, 2.24) is 0 Å². The minimum atomic E-state index is -5.08. The Morgan fingerprint density at radius 1 is 0.912 bits per heavy atom. The molecule has 0 aromatic heterocycles. The van der Waals surface area contributed by atoms with Crippen LogP contribution in [-0.2, 0) is 4.79 Å². The van der Waals surface area contributed by atoms with Crippen molar-refractivity contribution < 1.29 is 37.8 Å². The van der Waals surface area contributed by atoms with E-state index in [4.69, 9.17) is 9.90 Å². The van der Waals surface area contributed by atoms with Crippen LogP contribution in [0.2, 0.25) is 0 Å². The summed E-state index contributed by atoms with van der Waals surface area (Å²) >= 11 is 0. The van der Waals surface area contributed by atoms with Crippen LogP contribution in [0.4, 0.5) is 24.5 Å². The lowest BCUT2D eigenvalue weighted by Gasteiger charge is -2.30. The number of carboxylic acid groups (broad SMARTS) is 2. The van der Waals surface area contributed by atoms with Gasteiger partial charge in [-0.05, 0) is 42.2 Å². The number of rotatable bonds is 8. The number of carboxylic acids is 2. The van der Waals surface area contributed by atoms with Gasteiger partial charge in [-0.25, -0.2) is 9.59 Å². The molecule has 0 unspecified atom stereocenters. The summed E-state index contributed by atoms with van der Waals surface area (Å²) in [4.78, 5) is 35.2. The molecule has 0 aliphatic rings. The molecule has 0 bridgehead atoms. The maximum absolute atomic E-state index is 12.3. The number of hydrogen-bond donors (Lipinski definition) is 3. The highest BCUT2D eigenvalue weighted by molar-refractivity contribution is 6.05. The molecule has 0 heterocycles. The molecule has 10 heteroatoms. The minimum absolute atomic E-state index is 0.196. The lowest BCUT2D eigenvalue weighted by atomic mass is 10.1. The number of carbonyl (C=O) groups excluding carboxylic acids is 1. The fraction of sp³-hybridized carbons (Fsp3) is 0.375. The molecule has 0 saturated heterocycles. The quantitative estimate of drug-likeness (QED) is 0.466. The molecule has 0 aliphatic carbocycles. The van der Waals surface area contributed by atoms with Crippen LogP contribution in [0, 0.1) is 11.8 Å². The first-order valence-corrected chi connectivity index (χ1v) is 10.5. The Labute approximate surface area is 196 Å². The fourth-order valence-electron chi connectivity index (χ4n) is 3.01. The number of anilines is 2. The van der Waals surface area contributed by atoms with Gasteiger partial charge in [0.15, 0.2) is 0 Å². The van der Waals surface area contributed by atoms with Crippen molar-refractivity contribution in [3.05, 3.63) is 59.7 Å². The van der Waals surface area contributed by atoms with Gasteiger partial charge >= 0.3 is 18.1 Å². The molecule has 0 radical (unpaired) electrons. The van der Waals surface area contributed by atoms with Gasteiger partial charge in [0.25, 0.3) is 5.91 Å². The Hall–Kier alpha value is -3.56. The Balaban J connectivity index is 0.000000718. The monoisotopic (exact) mass is 482 g/mol. The summed E-state index contributed by atoms with van der Waals surface area (Å²) in [6, 6.07) is 13.9. The topological polar surface area (TPSA) is 107 Å². The van der Waals surface area contributed by atoms with Gasteiger partial charge in [-0.15, -0.1) is 0 Å². The van der Waals surface area contributed by atoms with E-state index in [-0.39, 0.29) is 11.5 Å². The van der Waals surface area contributed by atoms with Crippen molar-refractivity contribution >= 4 is 29.2 Å². The molecular weight excluding hydrogens is 453 g/mol. The van der Waals surface area contributed by atoms with Crippen LogP contribution in [0.1, 0.15) is 48.4 Å². The molecule has 0 saturated carbocycles. The molecule has 186 valence electrons. The summed E-state index contributed by atoms with van der Waals surface area (Å²) < 4.78 is 31.7. The van der Waals surface area contributed by atoms with Gasteiger partial charge in [0.05, 0.1) is 11.3 Å². The molecule has 0 aliphatic heterocycles. The van der Waals surface area contributed by atoms with E-state index in [1.54, 1.807) is 36.4 Å². The Morgan fingerprint density at radius 2 is 1.41 bits per heavy atom. The molecule has 0 fully saturated rings. The lowest BCUT2D eigenvalue weighted by molar-refractivity contribution is -0.192. The van der Waals surface area contributed by atoms with E-state index in [9.17, 15) is 27.9 Å². The van der Waals surface area contributed by atoms with Gasteiger partial charge in [-0.3, -0.25) is 4.79 Å². The van der Waals surface area contributed by atoms with Crippen molar-refractivity contribution in [3.63, 3.8) is 0 Å². The SMILES string of the molecule is CC(C)CN(CC(C)C)c1ccc(NC(=O)c2ccccc2)cc1C(=O)O.O=C(O)C(F)(F)F. The normalized spacial score (nSPS) is 11.0. The molecule has 34 heavy (non-hydrogen) atoms. The van der Waals surface area contributed by atoms with Gasteiger partial charge in [0, 0.05) is 24.3 Å². The number of nitrogens with zero attached hydrogens (tertiary/aromatic N) is 1. The maximum Gasteiger partial charge on any atom is 0.490 e. The van der Waals surface area contributed by atoms with Crippen molar-refractivity contribution in [2.75, 3.05) is 23.3 Å². The highest BCUT2D eigenvalue weighted by atomic mass is 19.4. The summed E-state index contributed by atoms with van der Waals surface area (Å²) in [5.74, 6) is -3.21.